The molecule has 0 bridgehead atoms. The molecule has 1 aliphatic carbocycles. The third-order valence-electron chi connectivity index (χ3n) is 3.86. The van der Waals surface area contributed by atoms with Crippen molar-refractivity contribution in [2.24, 2.45) is 0 Å². The summed E-state index contributed by atoms with van der Waals surface area (Å²) in [5.74, 6) is 0. The first kappa shape index (κ1) is 16.0. The molecule has 0 spiro atoms. The highest BCUT2D eigenvalue weighted by molar-refractivity contribution is 7.89. The van der Waals surface area contributed by atoms with E-state index in [-0.39, 0.29) is 15.5 Å². The molecule has 118 valence electrons. The average molecular weight is 349 g/mol. The van der Waals surface area contributed by atoms with E-state index in [2.05, 4.69) is 4.72 Å². The molecule has 2 aromatic rings. The highest BCUT2D eigenvalue weighted by atomic mass is 35.5. The minimum Gasteiger partial charge on any atom is -0.391 e. The minimum atomic E-state index is -4.00. The Morgan fingerprint density at radius 1 is 1.22 bits per heavy atom. The van der Waals surface area contributed by atoms with E-state index in [1.165, 1.54) is 18.2 Å². The van der Waals surface area contributed by atoms with Crippen molar-refractivity contribution in [3.05, 3.63) is 64.2 Å². The van der Waals surface area contributed by atoms with Crippen molar-refractivity contribution in [1.82, 2.24) is 4.72 Å². The fraction of sp³-hybridized carbons (Fsp3) is 0.188. The maximum absolute atomic E-state index is 12.6. The van der Waals surface area contributed by atoms with E-state index in [0.717, 1.165) is 11.1 Å². The molecule has 5 nitrogen and oxygen atoms in total. The molecule has 0 saturated carbocycles. The summed E-state index contributed by atoms with van der Waals surface area (Å²) in [4.78, 5) is -0.191. The van der Waals surface area contributed by atoms with Crippen molar-refractivity contribution in [3.8, 4) is 6.07 Å². The zero-order valence-electron chi connectivity index (χ0n) is 11.9. The second-order valence-electron chi connectivity index (χ2n) is 5.29. The van der Waals surface area contributed by atoms with Gasteiger partial charge in [-0.25, -0.2) is 13.1 Å². The fourth-order valence-electron chi connectivity index (χ4n) is 2.78. The van der Waals surface area contributed by atoms with Crippen LogP contribution in [-0.4, -0.2) is 19.6 Å². The monoisotopic (exact) mass is 348 g/mol. The summed E-state index contributed by atoms with van der Waals surface area (Å²) in [6, 6.07) is 12.6. The fourth-order valence-corrected chi connectivity index (χ4v) is 4.48. The third-order valence-corrected chi connectivity index (χ3v) is 5.66. The van der Waals surface area contributed by atoms with Gasteiger partial charge in [-0.05, 0) is 23.3 Å². The van der Waals surface area contributed by atoms with Crippen molar-refractivity contribution in [3.63, 3.8) is 0 Å². The second-order valence-corrected chi connectivity index (χ2v) is 7.38. The molecule has 1 aliphatic rings. The van der Waals surface area contributed by atoms with Crippen LogP contribution in [-0.2, 0) is 16.4 Å². The molecule has 2 unspecified atom stereocenters. The van der Waals surface area contributed by atoms with E-state index in [0.29, 0.717) is 6.42 Å². The largest absolute Gasteiger partial charge is 0.391 e. The second kappa shape index (κ2) is 5.95. The van der Waals surface area contributed by atoms with Gasteiger partial charge in [0.1, 0.15) is 11.0 Å². The van der Waals surface area contributed by atoms with Gasteiger partial charge in [-0.1, -0.05) is 41.9 Å². The number of rotatable bonds is 3. The lowest BCUT2D eigenvalue weighted by Crippen LogP contribution is -2.34. The minimum absolute atomic E-state index is 0.0720. The molecule has 2 atom stereocenters. The van der Waals surface area contributed by atoms with Crippen LogP contribution in [0.3, 0.4) is 0 Å². The summed E-state index contributed by atoms with van der Waals surface area (Å²) < 4.78 is 27.8. The highest BCUT2D eigenvalue weighted by Crippen LogP contribution is 2.33. The van der Waals surface area contributed by atoms with Gasteiger partial charge in [0.15, 0.2) is 0 Å². The number of nitriles is 1. The van der Waals surface area contributed by atoms with Crippen LogP contribution in [0.2, 0.25) is 5.02 Å². The van der Waals surface area contributed by atoms with E-state index < -0.39 is 22.2 Å². The number of hydrogen-bond donors (Lipinski definition) is 2. The first-order chi connectivity index (χ1) is 10.9. The van der Waals surface area contributed by atoms with Crippen LogP contribution in [0.1, 0.15) is 22.7 Å². The van der Waals surface area contributed by atoms with E-state index in [1.54, 1.807) is 12.1 Å². The van der Waals surface area contributed by atoms with Crippen molar-refractivity contribution in [2.75, 3.05) is 0 Å². The number of nitrogens with zero attached hydrogens (tertiary/aromatic N) is 1. The summed E-state index contributed by atoms with van der Waals surface area (Å²) >= 11 is 5.90. The zero-order chi connectivity index (χ0) is 16.6. The van der Waals surface area contributed by atoms with Gasteiger partial charge >= 0.3 is 0 Å². The summed E-state index contributed by atoms with van der Waals surface area (Å²) in [7, 11) is -4.00. The summed E-state index contributed by atoms with van der Waals surface area (Å²) in [5.41, 5.74) is 1.53. The predicted molar refractivity (Wildman–Crippen MR) is 85.4 cm³/mol. The van der Waals surface area contributed by atoms with E-state index in [1.807, 2.05) is 18.2 Å². The van der Waals surface area contributed by atoms with Gasteiger partial charge in [0.2, 0.25) is 10.0 Å². The van der Waals surface area contributed by atoms with E-state index in [4.69, 9.17) is 16.9 Å². The molecule has 0 heterocycles. The molecule has 2 aromatic carbocycles. The highest BCUT2D eigenvalue weighted by Gasteiger charge is 2.35. The molecular formula is C16H13ClN2O3S. The quantitative estimate of drug-likeness (QED) is 0.889. The molecule has 0 saturated heterocycles. The van der Waals surface area contributed by atoms with Crippen LogP contribution < -0.4 is 4.72 Å². The lowest BCUT2D eigenvalue weighted by Gasteiger charge is -2.18. The first-order valence-corrected chi connectivity index (χ1v) is 8.77. The Bertz CT molecular complexity index is 906. The molecule has 3 rings (SSSR count). The number of aliphatic hydroxyl groups is 1. The summed E-state index contributed by atoms with van der Waals surface area (Å²) in [6.07, 6.45) is -0.476. The van der Waals surface area contributed by atoms with Crippen LogP contribution in [0.25, 0.3) is 0 Å². The Hall–Kier alpha value is -1.91. The van der Waals surface area contributed by atoms with Crippen molar-refractivity contribution in [1.29, 1.82) is 5.26 Å². The van der Waals surface area contributed by atoms with Gasteiger partial charge in [0, 0.05) is 6.42 Å². The van der Waals surface area contributed by atoms with Gasteiger partial charge in [-0.2, -0.15) is 5.26 Å². The number of nitrogens with one attached hydrogen (secondary N) is 1. The topological polar surface area (TPSA) is 90.2 Å². The van der Waals surface area contributed by atoms with Gasteiger partial charge in [0.25, 0.3) is 0 Å². The summed E-state index contributed by atoms with van der Waals surface area (Å²) in [6.45, 7) is 0. The number of fused-ring (bicyclic) bond motifs is 1. The molecular weight excluding hydrogens is 336 g/mol. The Balaban J connectivity index is 2.01. The van der Waals surface area contributed by atoms with Crippen molar-refractivity contribution in [2.45, 2.75) is 23.5 Å². The van der Waals surface area contributed by atoms with Crippen LogP contribution in [0.15, 0.2) is 47.4 Å². The Morgan fingerprint density at radius 2 is 1.96 bits per heavy atom. The zero-order valence-corrected chi connectivity index (χ0v) is 13.5. The average Bonchev–Trinajstić information content (AvgIpc) is 2.83. The van der Waals surface area contributed by atoms with Gasteiger partial charge in [-0.15, -0.1) is 0 Å². The standard InChI is InChI=1S/C16H13ClN2O3S/c17-13-6-3-7-15(12(13)9-18)23(21,22)19-16-11-5-2-1-4-10(11)8-14(16)20/h1-7,14,16,19-20H,8H2. The van der Waals surface area contributed by atoms with Gasteiger partial charge in [0.05, 0.1) is 22.7 Å². The lowest BCUT2D eigenvalue weighted by molar-refractivity contribution is 0.151. The molecule has 0 aromatic heterocycles. The Labute approximate surface area is 139 Å². The smallest absolute Gasteiger partial charge is 0.242 e. The summed E-state index contributed by atoms with van der Waals surface area (Å²) in [5, 5.41) is 19.4. The maximum Gasteiger partial charge on any atom is 0.242 e. The molecule has 7 heteroatoms. The molecule has 2 N–H and O–H groups in total. The first-order valence-electron chi connectivity index (χ1n) is 6.91. The molecule has 0 amide bonds. The number of benzene rings is 2. The van der Waals surface area contributed by atoms with Gasteiger partial charge < -0.3 is 5.11 Å². The molecule has 0 fully saturated rings. The van der Waals surface area contributed by atoms with Crippen LogP contribution in [0.5, 0.6) is 0 Å². The SMILES string of the molecule is N#Cc1c(Cl)cccc1S(=O)(=O)NC1c2ccccc2CC1O. The van der Waals surface area contributed by atoms with Crippen molar-refractivity contribution < 1.29 is 13.5 Å². The maximum atomic E-state index is 12.6. The Morgan fingerprint density at radius 3 is 2.70 bits per heavy atom. The predicted octanol–water partition coefficient (Wildman–Crippen LogP) is 2.15. The normalized spacial score (nSPS) is 20.0. The van der Waals surface area contributed by atoms with Crippen LogP contribution in [0, 0.1) is 11.3 Å². The number of sulfonamides is 1. The van der Waals surface area contributed by atoms with Crippen molar-refractivity contribution >= 4 is 21.6 Å². The van der Waals surface area contributed by atoms with E-state index >= 15 is 0 Å². The number of halogens is 1. The van der Waals surface area contributed by atoms with Crippen LogP contribution in [0.4, 0.5) is 0 Å². The molecule has 0 aliphatic heterocycles. The molecule has 23 heavy (non-hydrogen) atoms. The molecule has 0 radical (unpaired) electrons. The van der Waals surface area contributed by atoms with E-state index in [9.17, 15) is 13.5 Å². The lowest BCUT2D eigenvalue weighted by atomic mass is 10.1. The number of hydrogen-bond acceptors (Lipinski definition) is 4. The Kier molecular flexibility index (Phi) is 4.13. The van der Waals surface area contributed by atoms with Gasteiger partial charge in [-0.3, -0.25) is 0 Å². The number of aliphatic hydroxyl groups excluding tert-OH is 1. The third kappa shape index (κ3) is 2.84. The van der Waals surface area contributed by atoms with Crippen LogP contribution >= 0.6 is 11.6 Å².